The third kappa shape index (κ3) is 3.22. The number of amides is 2. The van der Waals surface area contributed by atoms with Crippen molar-refractivity contribution >= 4 is 17.5 Å². The molecule has 5 nitrogen and oxygen atoms in total. The molecular weight excluding hydrogens is 328 g/mol. The monoisotopic (exact) mass is 350 g/mol. The van der Waals surface area contributed by atoms with E-state index in [0.717, 1.165) is 24.1 Å². The molecule has 1 atom stereocenters. The van der Waals surface area contributed by atoms with E-state index < -0.39 is 6.04 Å². The number of morpholine rings is 1. The summed E-state index contributed by atoms with van der Waals surface area (Å²) < 4.78 is 5.42. The first-order valence-electron chi connectivity index (χ1n) is 9.04. The molecule has 5 heteroatoms. The Labute approximate surface area is 153 Å². The van der Waals surface area contributed by atoms with Crippen LogP contribution in [-0.4, -0.2) is 42.5 Å². The number of hydrogen-bond acceptors (Lipinski definition) is 3. The number of nitrogens with zero attached hydrogens (tertiary/aromatic N) is 2. The normalized spacial score (nSPS) is 20.0. The van der Waals surface area contributed by atoms with Crippen LogP contribution in [0.25, 0.3) is 0 Å². The molecule has 2 aromatic carbocycles. The summed E-state index contributed by atoms with van der Waals surface area (Å²) in [5.74, 6) is -0.190. The third-order valence-electron chi connectivity index (χ3n) is 5.05. The predicted octanol–water partition coefficient (Wildman–Crippen LogP) is 2.39. The molecule has 0 unspecified atom stereocenters. The molecule has 2 aliphatic heterocycles. The average Bonchev–Trinajstić information content (AvgIpc) is 2.69. The van der Waals surface area contributed by atoms with Crippen molar-refractivity contribution in [2.75, 3.05) is 24.7 Å². The molecule has 2 heterocycles. The molecule has 0 bridgehead atoms. The highest BCUT2D eigenvalue weighted by atomic mass is 16.5. The summed E-state index contributed by atoms with van der Waals surface area (Å²) in [7, 11) is 0. The number of rotatable bonds is 3. The van der Waals surface area contributed by atoms with Gasteiger partial charge < -0.3 is 14.5 Å². The van der Waals surface area contributed by atoms with Gasteiger partial charge in [0.2, 0.25) is 5.91 Å². The maximum absolute atomic E-state index is 13.3. The maximum atomic E-state index is 13.3. The fourth-order valence-corrected chi connectivity index (χ4v) is 3.73. The number of carbonyl (C=O) groups is 2. The van der Waals surface area contributed by atoms with Crippen LogP contribution in [0.5, 0.6) is 0 Å². The van der Waals surface area contributed by atoms with Crippen molar-refractivity contribution in [2.24, 2.45) is 0 Å². The van der Waals surface area contributed by atoms with Gasteiger partial charge in [-0.3, -0.25) is 9.59 Å². The SMILES string of the molecule is O=C([C@@H]1COCC(=O)N1Cc1ccccc1)N1CCCc2ccccc21. The molecule has 26 heavy (non-hydrogen) atoms. The zero-order valence-corrected chi connectivity index (χ0v) is 14.6. The minimum Gasteiger partial charge on any atom is -0.369 e. The molecule has 134 valence electrons. The first-order valence-corrected chi connectivity index (χ1v) is 9.04. The molecule has 2 amide bonds. The van der Waals surface area contributed by atoms with Crippen molar-refractivity contribution in [1.29, 1.82) is 0 Å². The quantitative estimate of drug-likeness (QED) is 0.854. The summed E-state index contributed by atoms with van der Waals surface area (Å²) in [6.07, 6.45) is 1.91. The number of para-hydroxylation sites is 1. The van der Waals surface area contributed by atoms with E-state index in [4.69, 9.17) is 4.74 Å². The van der Waals surface area contributed by atoms with Crippen molar-refractivity contribution in [3.05, 3.63) is 65.7 Å². The molecule has 2 aromatic rings. The van der Waals surface area contributed by atoms with E-state index in [1.807, 2.05) is 53.4 Å². The second-order valence-electron chi connectivity index (χ2n) is 6.76. The zero-order valence-electron chi connectivity index (χ0n) is 14.6. The fraction of sp³-hybridized carbons (Fsp3) is 0.333. The van der Waals surface area contributed by atoms with E-state index >= 15 is 0 Å². The summed E-state index contributed by atoms with van der Waals surface area (Å²) in [5, 5.41) is 0. The lowest BCUT2D eigenvalue weighted by molar-refractivity contribution is -0.154. The standard InChI is InChI=1S/C21H22N2O3/c24-20-15-26-14-19(23(20)13-16-7-2-1-3-8-16)21(25)22-12-6-10-17-9-4-5-11-18(17)22/h1-5,7-9,11,19H,6,10,12-15H2/t19-/m0/s1. The number of benzene rings is 2. The van der Waals surface area contributed by atoms with E-state index in [1.165, 1.54) is 5.56 Å². The number of carbonyl (C=O) groups excluding carboxylic acids is 2. The van der Waals surface area contributed by atoms with Crippen LogP contribution >= 0.6 is 0 Å². The third-order valence-corrected chi connectivity index (χ3v) is 5.05. The van der Waals surface area contributed by atoms with Crippen LogP contribution in [0, 0.1) is 0 Å². The Kier molecular flexibility index (Phi) is 4.71. The van der Waals surface area contributed by atoms with E-state index in [1.54, 1.807) is 4.90 Å². The van der Waals surface area contributed by atoms with Gasteiger partial charge in [0.05, 0.1) is 6.61 Å². The molecule has 0 spiro atoms. The van der Waals surface area contributed by atoms with Gasteiger partial charge in [-0.1, -0.05) is 48.5 Å². The number of ether oxygens (including phenoxy) is 1. The summed E-state index contributed by atoms with van der Waals surface area (Å²) in [5.41, 5.74) is 3.16. The molecule has 2 aliphatic rings. The number of aryl methyl sites for hydroxylation is 1. The van der Waals surface area contributed by atoms with Crippen LogP contribution in [-0.2, 0) is 27.3 Å². The minimum absolute atomic E-state index is 0.0349. The molecular formula is C21H22N2O3. The minimum atomic E-state index is -0.581. The van der Waals surface area contributed by atoms with Gasteiger partial charge in [-0.05, 0) is 30.0 Å². The highest BCUT2D eigenvalue weighted by Gasteiger charge is 2.37. The van der Waals surface area contributed by atoms with Crippen LogP contribution in [0.1, 0.15) is 17.5 Å². The van der Waals surface area contributed by atoms with Crippen molar-refractivity contribution < 1.29 is 14.3 Å². The van der Waals surface area contributed by atoms with Gasteiger partial charge in [-0.15, -0.1) is 0 Å². The number of fused-ring (bicyclic) bond motifs is 1. The average molecular weight is 350 g/mol. The van der Waals surface area contributed by atoms with Crippen LogP contribution in [0.4, 0.5) is 5.69 Å². The second-order valence-corrected chi connectivity index (χ2v) is 6.76. The summed E-state index contributed by atoms with van der Waals surface area (Å²) in [6.45, 7) is 1.39. The molecule has 0 radical (unpaired) electrons. The van der Waals surface area contributed by atoms with Crippen molar-refractivity contribution in [3.63, 3.8) is 0 Å². The first kappa shape index (κ1) is 16.8. The van der Waals surface area contributed by atoms with Crippen LogP contribution in [0.15, 0.2) is 54.6 Å². The Balaban J connectivity index is 1.60. The van der Waals surface area contributed by atoms with E-state index in [-0.39, 0.29) is 25.0 Å². The lowest BCUT2D eigenvalue weighted by Crippen LogP contribution is -2.57. The fourth-order valence-electron chi connectivity index (χ4n) is 3.73. The van der Waals surface area contributed by atoms with E-state index in [2.05, 4.69) is 6.07 Å². The zero-order chi connectivity index (χ0) is 17.9. The van der Waals surface area contributed by atoms with Crippen molar-refractivity contribution in [3.8, 4) is 0 Å². The Hall–Kier alpha value is -2.66. The van der Waals surface area contributed by atoms with Gasteiger partial charge in [0, 0.05) is 18.8 Å². The lowest BCUT2D eigenvalue weighted by atomic mass is 10.0. The van der Waals surface area contributed by atoms with Gasteiger partial charge in [0.1, 0.15) is 12.6 Å². The van der Waals surface area contributed by atoms with Gasteiger partial charge >= 0.3 is 0 Å². The molecule has 1 fully saturated rings. The largest absolute Gasteiger partial charge is 0.369 e. The van der Waals surface area contributed by atoms with Gasteiger partial charge in [0.25, 0.3) is 5.91 Å². The van der Waals surface area contributed by atoms with Gasteiger partial charge in [-0.2, -0.15) is 0 Å². The second kappa shape index (κ2) is 7.30. The highest BCUT2D eigenvalue weighted by molar-refractivity contribution is 6.00. The summed E-state index contributed by atoms with van der Waals surface area (Å²) >= 11 is 0. The first-order chi connectivity index (χ1) is 12.7. The number of anilines is 1. The summed E-state index contributed by atoms with van der Waals surface area (Å²) in [4.78, 5) is 29.3. The Morgan fingerprint density at radius 1 is 1.08 bits per heavy atom. The van der Waals surface area contributed by atoms with Crippen LogP contribution in [0.2, 0.25) is 0 Å². The summed E-state index contributed by atoms with van der Waals surface area (Å²) in [6, 6.07) is 17.2. The molecule has 4 rings (SSSR count). The maximum Gasteiger partial charge on any atom is 0.252 e. The van der Waals surface area contributed by atoms with Gasteiger partial charge in [-0.25, -0.2) is 0 Å². The molecule has 0 saturated carbocycles. The van der Waals surface area contributed by atoms with Crippen molar-refractivity contribution in [1.82, 2.24) is 4.90 Å². The van der Waals surface area contributed by atoms with Gasteiger partial charge in [0.15, 0.2) is 0 Å². The highest BCUT2D eigenvalue weighted by Crippen LogP contribution is 2.28. The Morgan fingerprint density at radius 2 is 1.85 bits per heavy atom. The molecule has 1 saturated heterocycles. The lowest BCUT2D eigenvalue weighted by Gasteiger charge is -2.39. The van der Waals surface area contributed by atoms with Crippen molar-refractivity contribution in [2.45, 2.75) is 25.4 Å². The van der Waals surface area contributed by atoms with Crippen LogP contribution in [0.3, 0.4) is 0 Å². The smallest absolute Gasteiger partial charge is 0.252 e. The van der Waals surface area contributed by atoms with E-state index in [0.29, 0.717) is 13.1 Å². The molecule has 0 aliphatic carbocycles. The number of hydrogen-bond donors (Lipinski definition) is 0. The topological polar surface area (TPSA) is 49.9 Å². The molecule has 0 N–H and O–H groups in total. The van der Waals surface area contributed by atoms with Crippen LogP contribution < -0.4 is 4.90 Å². The Morgan fingerprint density at radius 3 is 2.69 bits per heavy atom. The molecule has 0 aromatic heterocycles. The Bertz CT molecular complexity index is 806. The van der Waals surface area contributed by atoms with E-state index in [9.17, 15) is 9.59 Å². The predicted molar refractivity (Wildman–Crippen MR) is 98.7 cm³/mol.